The van der Waals surface area contributed by atoms with Gasteiger partial charge in [0, 0.05) is 21.5 Å². The molecule has 0 saturated heterocycles. The van der Waals surface area contributed by atoms with E-state index >= 15 is 0 Å². The number of carbonyl (C=O) groups excluding carboxylic acids is 1. The number of aryl methyl sites for hydroxylation is 1. The van der Waals surface area contributed by atoms with Crippen LogP contribution in [-0.4, -0.2) is 15.8 Å². The zero-order chi connectivity index (χ0) is 18.7. The third-order valence-corrected chi connectivity index (χ3v) is 5.04. The van der Waals surface area contributed by atoms with E-state index in [1.165, 1.54) is 23.5 Å². The Kier molecular flexibility index (Phi) is 5.29. The van der Waals surface area contributed by atoms with E-state index < -0.39 is 10.8 Å². The number of anilines is 1. The topological polar surface area (TPSA) is 85.1 Å². The maximum atomic E-state index is 12.5. The molecule has 2 aromatic carbocycles. The van der Waals surface area contributed by atoms with Crippen LogP contribution >= 0.6 is 22.9 Å². The Morgan fingerprint density at radius 2 is 2.00 bits per heavy atom. The monoisotopic (exact) mass is 387 g/mol. The van der Waals surface area contributed by atoms with Crippen LogP contribution in [0, 0.1) is 10.1 Å². The predicted molar refractivity (Wildman–Crippen MR) is 103 cm³/mol. The van der Waals surface area contributed by atoms with Crippen molar-refractivity contribution in [2.75, 3.05) is 5.32 Å². The molecule has 0 atom stereocenters. The minimum absolute atomic E-state index is 0.0612. The Bertz CT molecular complexity index is 973. The van der Waals surface area contributed by atoms with Gasteiger partial charge < -0.3 is 0 Å². The van der Waals surface area contributed by atoms with E-state index in [-0.39, 0.29) is 16.3 Å². The lowest BCUT2D eigenvalue weighted by Gasteiger charge is -2.03. The molecule has 0 aliphatic rings. The number of halogens is 1. The van der Waals surface area contributed by atoms with Gasteiger partial charge in [0.25, 0.3) is 11.6 Å². The fraction of sp³-hybridized carbons (Fsp3) is 0.111. The second kappa shape index (κ2) is 7.63. The summed E-state index contributed by atoms with van der Waals surface area (Å²) in [5.74, 6) is -0.593. The van der Waals surface area contributed by atoms with Crippen molar-refractivity contribution in [1.82, 2.24) is 4.98 Å². The Balaban J connectivity index is 1.92. The Hall–Kier alpha value is -2.77. The highest BCUT2D eigenvalue weighted by Crippen LogP contribution is 2.32. The molecule has 1 N–H and O–H groups in total. The molecule has 0 saturated carbocycles. The van der Waals surface area contributed by atoms with Crippen molar-refractivity contribution in [3.8, 4) is 11.3 Å². The van der Waals surface area contributed by atoms with E-state index in [1.54, 1.807) is 0 Å². The molecule has 0 aliphatic carbocycles. The number of rotatable bonds is 5. The number of carbonyl (C=O) groups is 1. The van der Waals surface area contributed by atoms with Gasteiger partial charge in [0.2, 0.25) is 0 Å². The summed E-state index contributed by atoms with van der Waals surface area (Å²) >= 11 is 7.15. The van der Waals surface area contributed by atoms with Gasteiger partial charge in [-0.05, 0) is 18.6 Å². The lowest BCUT2D eigenvalue weighted by molar-refractivity contribution is -0.385. The fourth-order valence-corrected chi connectivity index (χ4v) is 3.56. The second-order valence-corrected chi connectivity index (χ2v) is 6.90. The van der Waals surface area contributed by atoms with Crippen molar-refractivity contribution in [2.24, 2.45) is 0 Å². The maximum Gasteiger partial charge on any atom is 0.283 e. The van der Waals surface area contributed by atoms with Gasteiger partial charge in [-0.25, -0.2) is 4.98 Å². The summed E-state index contributed by atoms with van der Waals surface area (Å²) in [5, 5.41) is 14.4. The largest absolute Gasteiger partial charge is 0.298 e. The highest BCUT2D eigenvalue weighted by Gasteiger charge is 2.22. The van der Waals surface area contributed by atoms with Gasteiger partial charge in [0.15, 0.2) is 5.13 Å². The first-order valence-electron chi connectivity index (χ1n) is 7.80. The van der Waals surface area contributed by atoms with Gasteiger partial charge in [-0.3, -0.25) is 20.2 Å². The maximum absolute atomic E-state index is 12.5. The first-order chi connectivity index (χ1) is 12.5. The number of amides is 1. The zero-order valence-electron chi connectivity index (χ0n) is 13.7. The van der Waals surface area contributed by atoms with E-state index in [2.05, 4.69) is 10.3 Å². The summed E-state index contributed by atoms with van der Waals surface area (Å²) in [4.78, 5) is 28.6. The van der Waals surface area contributed by atoms with Gasteiger partial charge in [-0.15, -0.1) is 11.3 Å². The molecule has 1 heterocycles. The van der Waals surface area contributed by atoms with Crippen LogP contribution in [0.4, 0.5) is 10.8 Å². The van der Waals surface area contributed by atoms with Crippen LogP contribution in [0.3, 0.4) is 0 Å². The smallest absolute Gasteiger partial charge is 0.283 e. The molecule has 0 unspecified atom stereocenters. The van der Waals surface area contributed by atoms with Gasteiger partial charge in [-0.1, -0.05) is 48.9 Å². The van der Waals surface area contributed by atoms with Crippen LogP contribution in [0.25, 0.3) is 11.3 Å². The summed E-state index contributed by atoms with van der Waals surface area (Å²) < 4.78 is 0. The molecule has 0 spiro atoms. The van der Waals surface area contributed by atoms with Gasteiger partial charge in [0.05, 0.1) is 10.6 Å². The normalized spacial score (nSPS) is 10.5. The lowest BCUT2D eigenvalue weighted by atomic mass is 10.1. The van der Waals surface area contributed by atoms with Crippen molar-refractivity contribution in [2.45, 2.75) is 13.3 Å². The average Bonchev–Trinajstić information content (AvgIpc) is 3.05. The molecular formula is C18H14ClN3O3S. The van der Waals surface area contributed by atoms with Crippen LogP contribution in [0.1, 0.15) is 22.2 Å². The number of thiazole rings is 1. The molecule has 6 nitrogen and oxygen atoms in total. The molecule has 0 radical (unpaired) electrons. The molecule has 3 aromatic rings. The van der Waals surface area contributed by atoms with Crippen LogP contribution < -0.4 is 5.32 Å². The van der Waals surface area contributed by atoms with Crippen molar-refractivity contribution in [1.29, 1.82) is 0 Å². The van der Waals surface area contributed by atoms with Crippen molar-refractivity contribution in [3.05, 3.63) is 74.1 Å². The minimum atomic E-state index is -0.629. The third kappa shape index (κ3) is 3.74. The number of aromatic nitrogens is 1. The average molecular weight is 388 g/mol. The van der Waals surface area contributed by atoms with Gasteiger partial charge >= 0.3 is 0 Å². The van der Waals surface area contributed by atoms with E-state index in [0.717, 1.165) is 28.6 Å². The highest BCUT2D eigenvalue weighted by molar-refractivity contribution is 7.16. The zero-order valence-corrected chi connectivity index (χ0v) is 15.3. The summed E-state index contributed by atoms with van der Waals surface area (Å²) in [6.45, 7) is 2.01. The molecule has 0 bridgehead atoms. The molecule has 0 fully saturated rings. The van der Waals surface area contributed by atoms with E-state index in [1.807, 2.05) is 37.3 Å². The number of nitro benzene ring substituents is 1. The number of nitrogens with zero attached hydrogens (tertiary/aromatic N) is 2. The molecule has 132 valence electrons. The summed E-state index contributed by atoms with van der Waals surface area (Å²) in [5.41, 5.74) is 1.36. The summed E-state index contributed by atoms with van der Waals surface area (Å²) in [6, 6.07) is 13.6. The molecule has 1 aromatic heterocycles. The van der Waals surface area contributed by atoms with Crippen LogP contribution in [0.15, 0.2) is 48.5 Å². The van der Waals surface area contributed by atoms with Crippen LogP contribution in [0.5, 0.6) is 0 Å². The molecule has 26 heavy (non-hydrogen) atoms. The van der Waals surface area contributed by atoms with E-state index in [4.69, 9.17) is 11.6 Å². The Morgan fingerprint density at radius 1 is 1.27 bits per heavy atom. The SMILES string of the molecule is CCc1sc(NC(=O)c2ccc(Cl)cc2[N+](=O)[O-])nc1-c1ccccc1. The van der Waals surface area contributed by atoms with Crippen molar-refractivity contribution in [3.63, 3.8) is 0 Å². The van der Waals surface area contributed by atoms with E-state index in [9.17, 15) is 14.9 Å². The number of hydrogen-bond donors (Lipinski definition) is 1. The van der Waals surface area contributed by atoms with Crippen LogP contribution in [-0.2, 0) is 6.42 Å². The van der Waals surface area contributed by atoms with Gasteiger partial charge in [0.1, 0.15) is 5.56 Å². The van der Waals surface area contributed by atoms with E-state index in [0.29, 0.717) is 5.13 Å². The van der Waals surface area contributed by atoms with Gasteiger partial charge in [-0.2, -0.15) is 0 Å². The predicted octanol–water partition coefficient (Wildman–Crippen LogP) is 5.19. The lowest BCUT2D eigenvalue weighted by Crippen LogP contribution is -2.13. The fourth-order valence-electron chi connectivity index (χ4n) is 2.48. The number of benzene rings is 2. The molecule has 3 rings (SSSR count). The third-order valence-electron chi connectivity index (χ3n) is 3.69. The highest BCUT2D eigenvalue weighted by atomic mass is 35.5. The summed E-state index contributed by atoms with van der Waals surface area (Å²) in [7, 11) is 0. The molecule has 0 aliphatic heterocycles. The number of nitro groups is 1. The first kappa shape index (κ1) is 18.0. The summed E-state index contributed by atoms with van der Waals surface area (Å²) in [6.07, 6.45) is 0.763. The minimum Gasteiger partial charge on any atom is -0.298 e. The van der Waals surface area contributed by atoms with Crippen LogP contribution in [0.2, 0.25) is 5.02 Å². The standard InChI is InChI=1S/C18H14ClN3O3S/c1-2-15-16(11-6-4-3-5-7-11)20-18(26-15)21-17(23)13-9-8-12(19)10-14(13)22(24)25/h3-10H,2H2,1H3,(H,20,21,23). The number of hydrogen-bond acceptors (Lipinski definition) is 5. The second-order valence-electron chi connectivity index (χ2n) is 5.38. The molecule has 1 amide bonds. The van der Waals surface area contributed by atoms with Crippen molar-refractivity contribution >= 4 is 39.7 Å². The Morgan fingerprint density at radius 3 is 2.65 bits per heavy atom. The molecular weight excluding hydrogens is 374 g/mol. The van der Waals surface area contributed by atoms with Crippen molar-refractivity contribution < 1.29 is 9.72 Å². The quantitative estimate of drug-likeness (QED) is 0.482. The number of nitrogens with one attached hydrogen (secondary N) is 1. The Labute approximate surface area is 158 Å². The first-order valence-corrected chi connectivity index (χ1v) is 8.99. The molecule has 8 heteroatoms.